The summed E-state index contributed by atoms with van der Waals surface area (Å²) in [6, 6.07) is 5.66. The molecule has 3 aliphatic rings. The zero-order chi connectivity index (χ0) is 29.3. The normalized spacial score (nSPS) is 21.1. The summed E-state index contributed by atoms with van der Waals surface area (Å²) in [4.78, 5) is 29.9. The molecule has 1 aromatic carbocycles. The summed E-state index contributed by atoms with van der Waals surface area (Å²) in [5.41, 5.74) is 3.30. The summed E-state index contributed by atoms with van der Waals surface area (Å²) in [5.74, 6) is -0.930. The summed E-state index contributed by atoms with van der Waals surface area (Å²) in [6.45, 7) is 9.02. The topological polar surface area (TPSA) is 109 Å². The first-order chi connectivity index (χ1) is 19.6. The average Bonchev–Trinajstić information content (AvgIpc) is 3.54. The lowest BCUT2D eigenvalue weighted by Gasteiger charge is -2.41. The highest BCUT2D eigenvalue weighted by Crippen LogP contribution is 2.35. The van der Waals surface area contributed by atoms with E-state index in [4.69, 9.17) is 26.3 Å². The number of hydrogen-bond donors (Lipinski definition) is 1. The molecule has 12 heteroatoms. The number of likely N-dealkylation sites (N-methyl/N-ethyl adjacent to an activating group) is 1. The van der Waals surface area contributed by atoms with Crippen LogP contribution in [0.4, 0.5) is 10.2 Å². The molecule has 10 nitrogen and oxygen atoms in total. The summed E-state index contributed by atoms with van der Waals surface area (Å²) >= 11 is 6.50. The Morgan fingerprint density at radius 1 is 1.27 bits per heavy atom. The van der Waals surface area contributed by atoms with Crippen LogP contribution in [0, 0.1) is 18.3 Å². The SMILES string of the molecule is C=C(F)C(=O)N1CCN(c2nc(OC[C@@H]3CCCN3C)nc3c2CN(Cc2cc(O)c(C)cc2Cl)C3)C[C@@H]1CC#N. The van der Waals surface area contributed by atoms with Gasteiger partial charge in [0, 0.05) is 55.9 Å². The smallest absolute Gasteiger partial charge is 0.318 e. The van der Waals surface area contributed by atoms with Gasteiger partial charge in [0.25, 0.3) is 5.91 Å². The van der Waals surface area contributed by atoms with Crippen LogP contribution in [-0.4, -0.2) is 87.6 Å². The number of halogens is 2. The molecule has 0 unspecified atom stereocenters. The zero-order valence-electron chi connectivity index (χ0n) is 23.4. The third-order valence-corrected chi connectivity index (χ3v) is 8.59. The van der Waals surface area contributed by atoms with Gasteiger partial charge >= 0.3 is 6.01 Å². The molecule has 41 heavy (non-hydrogen) atoms. The van der Waals surface area contributed by atoms with E-state index in [1.807, 2.05) is 4.90 Å². The predicted octanol–water partition coefficient (Wildman–Crippen LogP) is 3.55. The molecule has 0 spiro atoms. The molecule has 218 valence electrons. The summed E-state index contributed by atoms with van der Waals surface area (Å²) in [5, 5.41) is 20.3. The lowest BCUT2D eigenvalue weighted by atomic mass is 10.1. The van der Waals surface area contributed by atoms with Gasteiger partial charge in [-0.1, -0.05) is 18.2 Å². The minimum atomic E-state index is -1.03. The van der Waals surface area contributed by atoms with Crippen molar-refractivity contribution in [3.63, 3.8) is 0 Å². The van der Waals surface area contributed by atoms with Crippen LogP contribution in [0.1, 0.15) is 41.6 Å². The Morgan fingerprint density at radius 3 is 2.78 bits per heavy atom. The second-order valence-electron chi connectivity index (χ2n) is 11.1. The van der Waals surface area contributed by atoms with Gasteiger partial charge in [-0.25, -0.2) is 4.39 Å². The number of nitrogens with zero attached hydrogens (tertiary/aromatic N) is 7. The molecule has 2 aromatic rings. The molecule has 1 amide bonds. The Labute approximate surface area is 244 Å². The molecule has 5 rings (SSSR count). The number of piperazine rings is 1. The van der Waals surface area contributed by atoms with Crippen molar-refractivity contribution in [3.05, 3.63) is 51.9 Å². The number of anilines is 1. The van der Waals surface area contributed by atoms with E-state index in [1.54, 1.807) is 19.1 Å². The fourth-order valence-corrected chi connectivity index (χ4v) is 6.17. The van der Waals surface area contributed by atoms with E-state index in [9.17, 15) is 19.6 Å². The average molecular weight is 584 g/mol. The number of amides is 1. The van der Waals surface area contributed by atoms with Crippen LogP contribution in [0.5, 0.6) is 11.8 Å². The van der Waals surface area contributed by atoms with E-state index in [0.29, 0.717) is 67.8 Å². The number of carbonyl (C=O) groups is 1. The first kappa shape index (κ1) is 29.0. The number of aryl methyl sites for hydroxylation is 1. The highest BCUT2D eigenvalue weighted by molar-refractivity contribution is 6.31. The van der Waals surface area contributed by atoms with E-state index in [2.05, 4.69) is 29.5 Å². The van der Waals surface area contributed by atoms with Crippen molar-refractivity contribution < 1.29 is 19.0 Å². The van der Waals surface area contributed by atoms with E-state index in [0.717, 1.165) is 36.2 Å². The number of rotatable bonds is 8. The first-order valence-corrected chi connectivity index (χ1v) is 14.2. The summed E-state index contributed by atoms with van der Waals surface area (Å²) < 4.78 is 19.9. The largest absolute Gasteiger partial charge is 0.508 e. The van der Waals surface area contributed by atoms with Crippen LogP contribution < -0.4 is 9.64 Å². The van der Waals surface area contributed by atoms with Gasteiger partial charge in [-0.2, -0.15) is 15.2 Å². The molecule has 2 atom stereocenters. The fraction of sp³-hybridized carbons (Fsp3) is 0.517. The Morgan fingerprint density at radius 2 is 2.07 bits per heavy atom. The van der Waals surface area contributed by atoms with Crippen LogP contribution in [0.2, 0.25) is 5.02 Å². The number of fused-ring (bicyclic) bond motifs is 1. The van der Waals surface area contributed by atoms with Gasteiger partial charge in [-0.15, -0.1) is 0 Å². The van der Waals surface area contributed by atoms with Crippen LogP contribution in [-0.2, 0) is 24.4 Å². The highest BCUT2D eigenvalue weighted by atomic mass is 35.5. The summed E-state index contributed by atoms with van der Waals surface area (Å²) in [7, 11) is 2.09. The highest BCUT2D eigenvalue weighted by Gasteiger charge is 2.36. The van der Waals surface area contributed by atoms with E-state index in [1.165, 1.54) is 4.90 Å². The number of aromatic hydroxyl groups is 1. The molecule has 0 aliphatic carbocycles. The van der Waals surface area contributed by atoms with E-state index < -0.39 is 17.8 Å². The molecule has 2 fully saturated rings. The molecular formula is C29H35ClFN7O3. The maximum Gasteiger partial charge on any atom is 0.318 e. The van der Waals surface area contributed by atoms with Gasteiger partial charge in [0.2, 0.25) is 0 Å². The number of carbonyl (C=O) groups excluding carboxylic acids is 1. The lowest BCUT2D eigenvalue weighted by molar-refractivity contribution is -0.131. The number of phenolic OH excluding ortho intramolecular Hbond substituents is 1. The van der Waals surface area contributed by atoms with E-state index in [-0.39, 0.29) is 18.7 Å². The molecule has 1 aromatic heterocycles. The molecule has 3 aliphatic heterocycles. The van der Waals surface area contributed by atoms with Gasteiger partial charge in [-0.3, -0.25) is 9.69 Å². The molecule has 0 bridgehead atoms. The molecule has 4 heterocycles. The van der Waals surface area contributed by atoms with Crippen LogP contribution >= 0.6 is 11.6 Å². The Bertz CT molecular complexity index is 1380. The van der Waals surface area contributed by atoms with Crippen molar-refractivity contribution >= 4 is 23.3 Å². The minimum absolute atomic E-state index is 0.0572. The second-order valence-corrected chi connectivity index (χ2v) is 11.5. The molecule has 0 saturated carbocycles. The Kier molecular flexibility index (Phi) is 8.63. The number of ether oxygens (including phenoxy) is 1. The third-order valence-electron chi connectivity index (χ3n) is 8.24. The Balaban J connectivity index is 1.42. The first-order valence-electron chi connectivity index (χ1n) is 13.8. The van der Waals surface area contributed by atoms with Crippen LogP contribution in [0.3, 0.4) is 0 Å². The molecule has 0 radical (unpaired) electrons. The number of hydrogen-bond acceptors (Lipinski definition) is 9. The monoisotopic (exact) mass is 583 g/mol. The van der Waals surface area contributed by atoms with Crippen molar-refractivity contribution in [1.82, 2.24) is 24.7 Å². The van der Waals surface area contributed by atoms with Crippen molar-refractivity contribution in [2.45, 2.75) is 57.9 Å². The number of phenols is 1. The maximum absolute atomic E-state index is 13.7. The fourth-order valence-electron chi connectivity index (χ4n) is 5.90. The van der Waals surface area contributed by atoms with Crippen molar-refractivity contribution in [2.75, 3.05) is 44.7 Å². The summed E-state index contributed by atoms with van der Waals surface area (Å²) in [6.07, 6.45) is 2.24. The number of benzene rings is 1. The van der Waals surface area contributed by atoms with Gasteiger partial charge in [0.05, 0.1) is 24.2 Å². The third kappa shape index (κ3) is 6.25. The second kappa shape index (κ2) is 12.2. The lowest BCUT2D eigenvalue weighted by Crippen LogP contribution is -2.55. The van der Waals surface area contributed by atoms with Gasteiger partial charge in [0.1, 0.15) is 18.2 Å². The van der Waals surface area contributed by atoms with E-state index >= 15 is 0 Å². The van der Waals surface area contributed by atoms with Gasteiger partial charge < -0.3 is 24.5 Å². The van der Waals surface area contributed by atoms with Crippen LogP contribution in [0.15, 0.2) is 24.5 Å². The molecule has 2 saturated heterocycles. The predicted molar refractivity (Wildman–Crippen MR) is 152 cm³/mol. The van der Waals surface area contributed by atoms with Gasteiger partial charge in [0.15, 0.2) is 5.83 Å². The minimum Gasteiger partial charge on any atom is -0.508 e. The maximum atomic E-state index is 13.7. The van der Waals surface area contributed by atoms with Crippen molar-refractivity contribution in [1.29, 1.82) is 5.26 Å². The molecular weight excluding hydrogens is 549 g/mol. The zero-order valence-corrected chi connectivity index (χ0v) is 24.2. The number of nitriles is 1. The van der Waals surface area contributed by atoms with Crippen molar-refractivity contribution in [2.24, 2.45) is 0 Å². The number of aromatic nitrogens is 2. The molecule has 1 N–H and O–H groups in total. The quantitative estimate of drug-likeness (QED) is 0.467. The standard InChI is InChI=1S/C29H35ClFN7O3/c1-18-11-24(30)20(12-26(18)39)13-36-15-23-25(16-36)33-29(41-17-22-5-4-8-35(22)3)34-27(23)37-9-10-38(28(40)19(2)31)21(14-37)6-7-32/h11-12,21-22,39H,2,4-6,8-10,13-17H2,1,3H3/t21-,22-/m0/s1. The van der Waals surface area contributed by atoms with Crippen molar-refractivity contribution in [3.8, 4) is 17.8 Å². The Hall–Kier alpha value is -3.46. The van der Waals surface area contributed by atoms with Crippen LogP contribution in [0.25, 0.3) is 0 Å². The van der Waals surface area contributed by atoms with Gasteiger partial charge in [-0.05, 0) is 56.6 Å². The number of likely N-dealkylation sites (tertiary alicyclic amines) is 1.